The largest absolute Gasteiger partial charge is 0.340 e. The second-order valence-corrected chi connectivity index (χ2v) is 6.01. The Balaban J connectivity index is 1.72. The normalized spacial score (nSPS) is 17.3. The zero-order valence-electron chi connectivity index (χ0n) is 12.9. The topological polar surface area (TPSA) is 44.0 Å². The van der Waals surface area contributed by atoms with Crippen LogP contribution in [0.3, 0.4) is 0 Å². The molecule has 1 aromatic rings. The van der Waals surface area contributed by atoms with Crippen LogP contribution in [0.4, 0.5) is 0 Å². The molecule has 2 heterocycles. The van der Waals surface area contributed by atoms with E-state index in [4.69, 9.17) is 5.26 Å². The summed E-state index contributed by atoms with van der Waals surface area (Å²) in [7, 11) is 1.95. The van der Waals surface area contributed by atoms with Crippen molar-refractivity contribution in [2.45, 2.75) is 33.2 Å². The van der Waals surface area contributed by atoms with Crippen molar-refractivity contribution < 1.29 is 0 Å². The molecule has 0 atom stereocenters. The molecule has 0 saturated carbocycles. The van der Waals surface area contributed by atoms with E-state index in [2.05, 4.69) is 30.1 Å². The average Bonchev–Trinajstić information content (AvgIpc) is 2.73. The molecule has 0 spiro atoms. The molecule has 20 heavy (non-hydrogen) atoms. The van der Waals surface area contributed by atoms with Crippen LogP contribution in [-0.2, 0) is 13.6 Å². The van der Waals surface area contributed by atoms with E-state index in [1.54, 1.807) is 0 Å². The first kappa shape index (κ1) is 15.1. The highest BCUT2D eigenvalue weighted by Crippen LogP contribution is 2.15. The summed E-state index contributed by atoms with van der Waals surface area (Å²) >= 11 is 0. The van der Waals surface area contributed by atoms with E-state index < -0.39 is 0 Å². The van der Waals surface area contributed by atoms with Crippen LogP contribution in [-0.4, -0.2) is 35.6 Å². The van der Waals surface area contributed by atoms with Gasteiger partial charge in [0.1, 0.15) is 11.8 Å². The maximum Gasteiger partial charge on any atom is 0.120 e. The first-order valence-electron chi connectivity index (χ1n) is 7.60. The molecule has 1 aliphatic heterocycles. The summed E-state index contributed by atoms with van der Waals surface area (Å²) in [5.41, 5.74) is 3.15. The fourth-order valence-electron chi connectivity index (χ4n) is 2.79. The molecule has 2 rings (SSSR count). The predicted molar refractivity (Wildman–Crippen MR) is 81.4 cm³/mol. The Kier molecular flexibility index (Phi) is 5.22. The maximum atomic E-state index is 9.02. The molecule has 110 valence electrons. The third kappa shape index (κ3) is 3.62. The lowest BCUT2D eigenvalue weighted by molar-refractivity contribution is 0.193. The summed E-state index contributed by atoms with van der Waals surface area (Å²) in [6.45, 7) is 9.90. The fourth-order valence-corrected chi connectivity index (χ4v) is 2.79. The molecular formula is C16H26N4. The minimum absolute atomic E-state index is 0.740. The van der Waals surface area contributed by atoms with Crippen molar-refractivity contribution in [3.63, 3.8) is 0 Å². The van der Waals surface area contributed by atoms with Gasteiger partial charge in [-0.3, -0.25) is 0 Å². The van der Waals surface area contributed by atoms with E-state index in [0.717, 1.165) is 31.2 Å². The molecule has 0 amide bonds. The van der Waals surface area contributed by atoms with E-state index in [1.165, 1.54) is 37.2 Å². The number of rotatable bonds is 5. The second-order valence-electron chi connectivity index (χ2n) is 6.01. The zero-order chi connectivity index (χ0) is 14.5. The van der Waals surface area contributed by atoms with Gasteiger partial charge in [-0.05, 0) is 50.4 Å². The number of hydrogen-bond acceptors (Lipinski definition) is 3. The van der Waals surface area contributed by atoms with Crippen molar-refractivity contribution in [2.75, 3.05) is 26.2 Å². The van der Waals surface area contributed by atoms with E-state index >= 15 is 0 Å². The van der Waals surface area contributed by atoms with Crippen LogP contribution in [0.5, 0.6) is 0 Å². The van der Waals surface area contributed by atoms with Gasteiger partial charge in [-0.15, -0.1) is 0 Å². The Morgan fingerprint density at radius 2 is 2.10 bits per heavy atom. The highest BCUT2D eigenvalue weighted by molar-refractivity contribution is 5.33. The van der Waals surface area contributed by atoms with Gasteiger partial charge in [-0.25, -0.2) is 0 Å². The molecule has 1 aromatic heterocycles. The lowest BCUT2D eigenvalue weighted by Crippen LogP contribution is -2.37. The molecule has 4 nitrogen and oxygen atoms in total. The maximum absolute atomic E-state index is 9.02. The van der Waals surface area contributed by atoms with Gasteiger partial charge in [-0.2, -0.15) is 5.26 Å². The van der Waals surface area contributed by atoms with Crippen LogP contribution < -0.4 is 5.32 Å². The van der Waals surface area contributed by atoms with Gasteiger partial charge in [0.05, 0.1) is 0 Å². The summed E-state index contributed by atoms with van der Waals surface area (Å²) in [6.07, 6.45) is 2.67. The summed E-state index contributed by atoms with van der Waals surface area (Å²) in [5.74, 6) is 0.899. The van der Waals surface area contributed by atoms with E-state index in [0.29, 0.717) is 0 Å². The number of nitriles is 1. The Labute approximate surface area is 122 Å². The van der Waals surface area contributed by atoms with Gasteiger partial charge in [-0.1, -0.05) is 6.92 Å². The number of nitrogens with zero attached hydrogens (tertiary/aromatic N) is 3. The number of likely N-dealkylation sites (tertiary alicyclic amines) is 1. The minimum atomic E-state index is 0.740. The van der Waals surface area contributed by atoms with Gasteiger partial charge < -0.3 is 14.8 Å². The monoisotopic (exact) mass is 274 g/mol. The molecule has 1 fully saturated rings. The van der Waals surface area contributed by atoms with E-state index in [9.17, 15) is 0 Å². The van der Waals surface area contributed by atoms with Crippen LogP contribution in [0.25, 0.3) is 0 Å². The lowest BCUT2D eigenvalue weighted by atomic mass is 9.99. The van der Waals surface area contributed by atoms with Gasteiger partial charge >= 0.3 is 0 Å². The molecule has 0 aromatic carbocycles. The zero-order valence-corrected chi connectivity index (χ0v) is 12.9. The molecule has 0 bridgehead atoms. The number of aromatic nitrogens is 1. The lowest BCUT2D eigenvalue weighted by Gasteiger charge is -2.30. The molecule has 1 N–H and O–H groups in total. The Morgan fingerprint density at radius 1 is 1.40 bits per heavy atom. The average molecular weight is 274 g/mol. The van der Waals surface area contributed by atoms with Crippen LogP contribution in [0, 0.1) is 24.2 Å². The summed E-state index contributed by atoms with van der Waals surface area (Å²) < 4.78 is 1.96. The van der Waals surface area contributed by atoms with Crippen molar-refractivity contribution >= 4 is 0 Å². The molecule has 4 heteroatoms. The van der Waals surface area contributed by atoms with Gasteiger partial charge in [0.2, 0.25) is 0 Å². The van der Waals surface area contributed by atoms with Crippen molar-refractivity contribution in [1.29, 1.82) is 5.26 Å². The van der Waals surface area contributed by atoms with Crippen molar-refractivity contribution in [2.24, 2.45) is 13.0 Å². The quantitative estimate of drug-likeness (QED) is 0.836. The summed E-state index contributed by atoms with van der Waals surface area (Å²) in [5, 5.41) is 12.5. The van der Waals surface area contributed by atoms with Crippen LogP contribution in [0.1, 0.15) is 36.7 Å². The van der Waals surface area contributed by atoms with Crippen molar-refractivity contribution in [1.82, 2.24) is 14.8 Å². The number of hydrogen-bond donors (Lipinski definition) is 1. The fraction of sp³-hybridized carbons (Fsp3) is 0.688. The highest BCUT2D eigenvalue weighted by Gasteiger charge is 2.15. The molecule has 0 aliphatic carbocycles. The summed E-state index contributed by atoms with van der Waals surface area (Å²) in [4.78, 5) is 2.55. The Morgan fingerprint density at radius 3 is 2.70 bits per heavy atom. The Bertz CT molecular complexity index is 475. The van der Waals surface area contributed by atoms with Gasteiger partial charge in [0.15, 0.2) is 0 Å². The second kappa shape index (κ2) is 6.92. The van der Waals surface area contributed by atoms with Crippen molar-refractivity contribution in [3.8, 4) is 6.07 Å². The van der Waals surface area contributed by atoms with E-state index in [1.807, 2.05) is 17.7 Å². The first-order chi connectivity index (χ1) is 9.61. The van der Waals surface area contributed by atoms with Crippen molar-refractivity contribution in [3.05, 3.63) is 23.0 Å². The number of piperidine rings is 1. The first-order valence-corrected chi connectivity index (χ1v) is 7.60. The van der Waals surface area contributed by atoms with Gasteiger partial charge in [0.25, 0.3) is 0 Å². The van der Waals surface area contributed by atoms with Crippen LogP contribution in [0.2, 0.25) is 0 Å². The standard InChI is InChI=1S/C16H26N4/c1-13-4-7-20(8-5-13)9-6-18-12-15-10-16(11-17)19(3)14(15)2/h10,13,18H,4-9,12H2,1-3H3. The smallest absolute Gasteiger partial charge is 0.120 e. The minimum Gasteiger partial charge on any atom is -0.340 e. The molecule has 1 aliphatic rings. The van der Waals surface area contributed by atoms with Gasteiger partial charge in [0, 0.05) is 32.4 Å². The third-order valence-corrected chi connectivity index (χ3v) is 4.55. The predicted octanol–water partition coefficient (Wildman–Crippen LogP) is 2.03. The molecule has 1 saturated heterocycles. The molecule has 0 radical (unpaired) electrons. The SMILES string of the molecule is Cc1c(CNCCN2CCC(C)CC2)cc(C#N)n1C. The molecule has 0 unspecified atom stereocenters. The summed E-state index contributed by atoms with van der Waals surface area (Å²) in [6, 6.07) is 4.22. The Hall–Kier alpha value is -1.31. The highest BCUT2D eigenvalue weighted by atomic mass is 15.1. The van der Waals surface area contributed by atoms with E-state index in [-0.39, 0.29) is 0 Å². The molecular weight excluding hydrogens is 248 g/mol. The number of nitrogens with one attached hydrogen (secondary N) is 1. The van der Waals surface area contributed by atoms with Crippen LogP contribution in [0.15, 0.2) is 6.07 Å². The van der Waals surface area contributed by atoms with Crippen LogP contribution >= 0.6 is 0 Å². The third-order valence-electron chi connectivity index (χ3n) is 4.55.